The van der Waals surface area contributed by atoms with E-state index in [0.717, 1.165) is 0 Å². The molecule has 0 aliphatic carbocycles. The summed E-state index contributed by atoms with van der Waals surface area (Å²) in [5.41, 5.74) is 0.485. The zero-order valence-electron chi connectivity index (χ0n) is 8.08. The molecule has 1 aromatic heterocycles. The van der Waals surface area contributed by atoms with Gasteiger partial charge in [0.15, 0.2) is 6.10 Å². The number of rotatable bonds is 4. The number of aliphatic hydroxyl groups excluding tert-OH is 1. The molecule has 1 heterocycles. The first-order chi connectivity index (χ1) is 7.39. The number of aliphatic hydroxyl groups is 1. The van der Waals surface area contributed by atoms with E-state index in [1.165, 1.54) is 12.3 Å². The van der Waals surface area contributed by atoms with Crippen LogP contribution in [0.2, 0.25) is 0 Å². The molecule has 0 bridgehead atoms. The number of carbonyl (C=O) groups excluding carboxylic acids is 1. The van der Waals surface area contributed by atoms with E-state index in [1.54, 1.807) is 0 Å². The second-order valence-electron chi connectivity index (χ2n) is 3.12. The van der Waals surface area contributed by atoms with Crippen molar-refractivity contribution in [3.8, 4) is 0 Å². The van der Waals surface area contributed by atoms with Gasteiger partial charge in [0.2, 0.25) is 5.91 Å². The molecule has 1 aromatic rings. The molecule has 0 saturated carbocycles. The van der Waals surface area contributed by atoms with Crippen LogP contribution in [0.25, 0.3) is 0 Å². The Hall–Kier alpha value is -1.57. The van der Waals surface area contributed by atoms with Gasteiger partial charge in [-0.1, -0.05) is 0 Å². The van der Waals surface area contributed by atoms with Crippen molar-refractivity contribution < 1.29 is 23.1 Å². The van der Waals surface area contributed by atoms with Crippen molar-refractivity contribution in [3.63, 3.8) is 0 Å². The van der Waals surface area contributed by atoms with Gasteiger partial charge < -0.3 is 10.4 Å². The maximum atomic E-state index is 11.9. The maximum absolute atomic E-state index is 11.9. The molecule has 0 aliphatic rings. The molecule has 90 valence electrons. The van der Waals surface area contributed by atoms with E-state index < -0.39 is 24.7 Å². The number of aromatic amines is 1. The highest BCUT2D eigenvalue weighted by molar-refractivity contribution is 5.78. The summed E-state index contributed by atoms with van der Waals surface area (Å²) in [4.78, 5) is 11.1. The third kappa shape index (κ3) is 3.89. The lowest BCUT2D eigenvalue weighted by Gasteiger charge is -2.14. The fourth-order valence-corrected chi connectivity index (χ4v) is 0.945. The van der Waals surface area contributed by atoms with Gasteiger partial charge in [-0.05, 0) is 6.07 Å². The SMILES string of the molecule is O=C(Cc1ccn[nH]1)NCC(O)C(F)(F)F. The quantitative estimate of drug-likeness (QED) is 0.689. The Morgan fingerprint density at radius 3 is 2.81 bits per heavy atom. The highest BCUT2D eigenvalue weighted by atomic mass is 19.4. The zero-order chi connectivity index (χ0) is 12.2. The second kappa shape index (κ2) is 4.97. The first-order valence-corrected chi connectivity index (χ1v) is 4.39. The lowest BCUT2D eigenvalue weighted by Crippen LogP contribution is -2.41. The van der Waals surface area contributed by atoms with Crippen LogP contribution in [0.3, 0.4) is 0 Å². The fraction of sp³-hybridized carbons (Fsp3) is 0.500. The summed E-state index contributed by atoms with van der Waals surface area (Å²) in [7, 11) is 0. The van der Waals surface area contributed by atoms with Crippen molar-refractivity contribution >= 4 is 5.91 Å². The Morgan fingerprint density at radius 2 is 2.31 bits per heavy atom. The molecule has 0 spiro atoms. The van der Waals surface area contributed by atoms with Crippen LogP contribution >= 0.6 is 0 Å². The van der Waals surface area contributed by atoms with E-state index in [9.17, 15) is 18.0 Å². The van der Waals surface area contributed by atoms with Gasteiger partial charge >= 0.3 is 6.18 Å². The minimum absolute atomic E-state index is 0.107. The first-order valence-electron chi connectivity index (χ1n) is 4.39. The number of alkyl halides is 3. The highest BCUT2D eigenvalue weighted by Crippen LogP contribution is 2.19. The number of nitrogens with zero attached hydrogens (tertiary/aromatic N) is 1. The number of nitrogens with one attached hydrogen (secondary N) is 2. The summed E-state index contributed by atoms with van der Waals surface area (Å²) in [6, 6.07) is 1.53. The molecule has 0 radical (unpaired) electrons. The normalized spacial score (nSPS) is 13.5. The number of carbonyl (C=O) groups is 1. The smallest absolute Gasteiger partial charge is 0.382 e. The Kier molecular flexibility index (Phi) is 3.88. The average molecular weight is 237 g/mol. The van der Waals surface area contributed by atoms with Crippen molar-refractivity contribution in [1.29, 1.82) is 0 Å². The highest BCUT2D eigenvalue weighted by Gasteiger charge is 2.38. The molecule has 1 atom stereocenters. The summed E-state index contributed by atoms with van der Waals surface area (Å²) in [5, 5.41) is 16.6. The van der Waals surface area contributed by atoms with Crippen LogP contribution in [-0.4, -0.2) is 40.0 Å². The van der Waals surface area contributed by atoms with Crippen molar-refractivity contribution in [2.45, 2.75) is 18.7 Å². The van der Waals surface area contributed by atoms with Crippen LogP contribution in [0.4, 0.5) is 13.2 Å². The van der Waals surface area contributed by atoms with Crippen LogP contribution in [-0.2, 0) is 11.2 Å². The largest absolute Gasteiger partial charge is 0.416 e. The van der Waals surface area contributed by atoms with Gasteiger partial charge in [-0.3, -0.25) is 9.89 Å². The maximum Gasteiger partial charge on any atom is 0.416 e. The predicted octanol–water partition coefficient (Wildman–Crippen LogP) is -0.00840. The predicted molar refractivity (Wildman–Crippen MR) is 47.4 cm³/mol. The van der Waals surface area contributed by atoms with Gasteiger partial charge in [-0.2, -0.15) is 18.3 Å². The number of amides is 1. The van der Waals surface area contributed by atoms with Crippen LogP contribution in [0.5, 0.6) is 0 Å². The van der Waals surface area contributed by atoms with Gasteiger partial charge in [-0.25, -0.2) is 0 Å². The number of hydrogen-bond donors (Lipinski definition) is 3. The van der Waals surface area contributed by atoms with E-state index in [0.29, 0.717) is 5.69 Å². The number of H-pyrrole nitrogens is 1. The molecule has 8 heteroatoms. The summed E-state index contributed by atoms with van der Waals surface area (Å²) in [6.45, 7) is -0.851. The standard InChI is InChI=1S/C8H10F3N3O2/c9-8(10,11)6(15)4-12-7(16)3-5-1-2-13-14-5/h1-2,6,15H,3-4H2,(H,12,16)(H,13,14). The Bertz CT molecular complexity index is 337. The van der Waals surface area contributed by atoms with Crippen LogP contribution in [0.15, 0.2) is 12.3 Å². The minimum atomic E-state index is -4.72. The van der Waals surface area contributed by atoms with E-state index in [-0.39, 0.29) is 6.42 Å². The Morgan fingerprint density at radius 1 is 1.62 bits per heavy atom. The molecule has 16 heavy (non-hydrogen) atoms. The number of aromatic nitrogens is 2. The molecule has 0 fully saturated rings. The third-order valence-electron chi connectivity index (χ3n) is 1.78. The topological polar surface area (TPSA) is 78.0 Å². The summed E-state index contributed by atoms with van der Waals surface area (Å²) in [5.74, 6) is -0.618. The second-order valence-corrected chi connectivity index (χ2v) is 3.12. The van der Waals surface area contributed by atoms with Crippen molar-refractivity contribution in [3.05, 3.63) is 18.0 Å². The molecule has 5 nitrogen and oxygen atoms in total. The Balaban J connectivity index is 2.31. The van der Waals surface area contributed by atoms with Gasteiger partial charge in [0.25, 0.3) is 0 Å². The third-order valence-corrected chi connectivity index (χ3v) is 1.78. The zero-order valence-corrected chi connectivity index (χ0v) is 8.08. The summed E-state index contributed by atoms with van der Waals surface area (Å²) >= 11 is 0. The molecule has 0 aliphatic heterocycles. The number of hydrogen-bond acceptors (Lipinski definition) is 3. The van der Waals surface area contributed by atoms with Gasteiger partial charge in [0.05, 0.1) is 13.0 Å². The molecule has 0 aromatic carbocycles. The summed E-state index contributed by atoms with van der Waals surface area (Å²) < 4.78 is 35.6. The van der Waals surface area contributed by atoms with Crippen LogP contribution in [0.1, 0.15) is 5.69 Å². The molecule has 1 rings (SSSR count). The molecule has 1 amide bonds. The molecule has 0 saturated heterocycles. The van der Waals surface area contributed by atoms with E-state index in [4.69, 9.17) is 5.11 Å². The minimum Gasteiger partial charge on any atom is -0.382 e. The van der Waals surface area contributed by atoms with E-state index in [2.05, 4.69) is 10.2 Å². The van der Waals surface area contributed by atoms with Crippen molar-refractivity contribution in [2.24, 2.45) is 0 Å². The van der Waals surface area contributed by atoms with Crippen LogP contribution < -0.4 is 5.32 Å². The Labute approximate surface area is 88.7 Å². The van der Waals surface area contributed by atoms with Gasteiger partial charge in [-0.15, -0.1) is 0 Å². The molecule has 1 unspecified atom stereocenters. The lowest BCUT2D eigenvalue weighted by atomic mass is 10.3. The fourth-order valence-electron chi connectivity index (χ4n) is 0.945. The summed E-state index contributed by atoms with van der Waals surface area (Å²) in [6.07, 6.45) is -5.95. The first kappa shape index (κ1) is 12.5. The molecular weight excluding hydrogens is 227 g/mol. The van der Waals surface area contributed by atoms with Gasteiger partial charge in [0.1, 0.15) is 0 Å². The van der Waals surface area contributed by atoms with E-state index in [1.807, 2.05) is 5.32 Å². The number of halogens is 3. The van der Waals surface area contributed by atoms with Crippen LogP contribution in [0, 0.1) is 0 Å². The molecular formula is C8H10F3N3O2. The monoisotopic (exact) mass is 237 g/mol. The molecule has 3 N–H and O–H groups in total. The average Bonchev–Trinajstić information content (AvgIpc) is 2.65. The lowest BCUT2D eigenvalue weighted by molar-refractivity contribution is -0.201. The van der Waals surface area contributed by atoms with E-state index >= 15 is 0 Å². The van der Waals surface area contributed by atoms with Gasteiger partial charge in [0, 0.05) is 11.9 Å². The van der Waals surface area contributed by atoms with Crippen molar-refractivity contribution in [1.82, 2.24) is 15.5 Å². The van der Waals surface area contributed by atoms with Crippen molar-refractivity contribution in [2.75, 3.05) is 6.54 Å².